The molecule has 0 atom stereocenters. The van der Waals surface area contributed by atoms with E-state index in [1.165, 1.54) is 5.56 Å². The maximum absolute atomic E-state index is 11.6. The maximum Gasteiger partial charge on any atom is 0.223 e. The van der Waals surface area contributed by atoms with Crippen LogP contribution in [-0.4, -0.2) is 30.8 Å². The second kappa shape index (κ2) is 10.2. The third-order valence-corrected chi connectivity index (χ3v) is 3.55. The molecule has 1 aromatic rings. The van der Waals surface area contributed by atoms with Gasteiger partial charge in [0.05, 0.1) is 13.0 Å². The predicted octanol–water partition coefficient (Wildman–Crippen LogP) is 2.74. The lowest BCUT2D eigenvalue weighted by Gasteiger charge is -2.11. The van der Waals surface area contributed by atoms with Crippen LogP contribution >= 0.6 is 0 Å². The molecule has 0 aromatic heterocycles. The Bertz CT molecular complexity index is 432. The zero-order valence-corrected chi connectivity index (χ0v) is 13.2. The van der Waals surface area contributed by atoms with Gasteiger partial charge in [-0.25, -0.2) is 0 Å². The topological polar surface area (TPSA) is 58.6 Å². The van der Waals surface area contributed by atoms with Crippen molar-refractivity contribution in [2.75, 3.05) is 19.8 Å². The normalized spacial score (nSPS) is 10.4. The molecule has 1 amide bonds. The number of aryl methyl sites for hydroxylation is 1. The first-order chi connectivity index (χ1) is 10.1. The van der Waals surface area contributed by atoms with Gasteiger partial charge in [-0.1, -0.05) is 25.0 Å². The molecule has 21 heavy (non-hydrogen) atoms. The van der Waals surface area contributed by atoms with E-state index in [1.54, 1.807) is 0 Å². The first-order valence-electron chi connectivity index (χ1n) is 7.71. The van der Waals surface area contributed by atoms with Crippen LogP contribution in [0.2, 0.25) is 0 Å². The van der Waals surface area contributed by atoms with Crippen molar-refractivity contribution in [1.82, 2.24) is 5.32 Å². The van der Waals surface area contributed by atoms with Crippen LogP contribution < -0.4 is 10.1 Å². The summed E-state index contributed by atoms with van der Waals surface area (Å²) in [6.45, 7) is 5.43. The molecular formula is C17H27NO3. The third-order valence-electron chi connectivity index (χ3n) is 3.55. The standard InChI is InChI=1S/C17H27NO3/c1-14-8-7-9-16(15(14)2)21-13-10-17(20)18-11-5-3-4-6-12-19/h7-9,19H,3-6,10-13H2,1-2H3,(H,18,20). The van der Waals surface area contributed by atoms with Crippen molar-refractivity contribution in [1.29, 1.82) is 0 Å². The molecular weight excluding hydrogens is 266 g/mol. The Morgan fingerprint density at radius 1 is 1.19 bits per heavy atom. The molecule has 0 aliphatic rings. The summed E-state index contributed by atoms with van der Waals surface area (Å²) >= 11 is 0. The number of amides is 1. The largest absolute Gasteiger partial charge is 0.493 e. The Hall–Kier alpha value is -1.55. The van der Waals surface area contributed by atoms with Crippen LogP contribution in [0.1, 0.15) is 43.2 Å². The van der Waals surface area contributed by atoms with Crippen molar-refractivity contribution in [2.24, 2.45) is 0 Å². The summed E-state index contributed by atoms with van der Waals surface area (Å²) in [6.07, 6.45) is 4.24. The van der Waals surface area contributed by atoms with Crippen LogP contribution in [0.25, 0.3) is 0 Å². The molecule has 118 valence electrons. The van der Waals surface area contributed by atoms with E-state index < -0.39 is 0 Å². The van der Waals surface area contributed by atoms with Crippen LogP contribution in [0.5, 0.6) is 5.75 Å². The highest BCUT2D eigenvalue weighted by Crippen LogP contribution is 2.20. The quantitative estimate of drug-likeness (QED) is 0.652. The summed E-state index contributed by atoms with van der Waals surface area (Å²) in [5, 5.41) is 11.5. The van der Waals surface area contributed by atoms with Gasteiger partial charge >= 0.3 is 0 Å². The fourth-order valence-corrected chi connectivity index (χ4v) is 2.04. The molecule has 0 aliphatic heterocycles. The summed E-state index contributed by atoms with van der Waals surface area (Å²) in [4.78, 5) is 11.6. The minimum atomic E-state index is 0.0301. The molecule has 0 spiro atoms. The summed E-state index contributed by atoms with van der Waals surface area (Å²) in [7, 11) is 0. The van der Waals surface area contributed by atoms with Crippen molar-refractivity contribution in [3.63, 3.8) is 0 Å². The van der Waals surface area contributed by atoms with Crippen LogP contribution in [0.4, 0.5) is 0 Å². The fourth-order valence-electron chi connectivity index (χ4n) is 2.04. The zero-order chi connectivity index (χ0) is 15.5. The molecule has 2 N–H and O–H groups in total. The number of aliphatic hydroxyl groups excluding tert-OH is 1. The van der Waals surface area contributed by atoms with E-state index in [0.29, 0.717) is 19.6 Å². The average Bonchev–Trinajstić information content (AvgIpc) is 2.47. The van der Waals surface area contributed by atoms with Gasteiger partial charge in [-0.3, -0.25) is 4.79 Å². The number of unbranched alkanes of at least 4 members (excludes halogenated alkanes) is 3. The fraction of sp³-hybridized carbons (Fsp3) is 0.588. The highest BCUT2D eigenvalue weighted by molar-refractivity contribution is 5.75. The molecule has 0 radical (unpaired) electrons. The Morgan fingerprint density at radius 3 is 2.71 bits per heavy atom. The van der Waals surface area contributed by atoms with E-state index in [0.717, 1.165) is 37.0 Å². The van der Waals surface area contributed by atoms with Gasteiger partial charge in [0.25, 0.3) is 0 Å². The Morgan fingerprint density at radius 2 is 1.95 bits per heavy atom. The minimum Gasteiger partial charge on any atom is -0.493 e. The first kappa shape index (κ1) is 17.5. The number of carbonyl (C=O) groups is 1. The Balaban J connectivity index is 2.12. The Kier molecular flexibility index (Phi) is 8.51. The third kappa shape index (κ3) is 7.14. The van der Waals surface area contributed by atoms with Crippen molar-refractivity contribution in [3.05, 3.63) is 29.3 Å². The molecule has 0 bridgehead atoms. The predicted molar refractivity (Wildman–Crippen MR) is 84.6 cm³/mol. The number of hydrogen-bond donors (Lipinski definition) is 2. The van der Waals surface area contributed by atoms with Crippen LogP contribution in [0.15, 0.2) is 18.2 Å². The van der Waals surface area contributed by atoms with Crippen molar-refractivity contribution in [2.45, 2.75) is 46.0 Å². The molecule has 0 saturated carbocycles. The first-order valence-corrected chi connectivity index (χ1v) is 7.71. The number of benzene rings is 1. The number of carbonyl (C=O) groups excluding carboxylic acids is 1. The van der Waals surface area contributed by atoms with Gasteiger partial charge < -0.3 is 15.2 Å². The lowest BCUT2D eigenvalue weighted by atomic mass is 10.1. The highest BCUT2D eigenvalue weighted by Gasteiger charge is 2.04. The van der Waals surface area contributed by atoms with E-state index in [9.17, 15) is 4.79 Å². The van der Waals surface area contributed by atoms with Gasteiger partial charge in [0, 0.05) is 13.2 Å². The van der Waals surface area contributed by atoms with E-state index in [1.807, 2.05) is 32.0 Å². The van der Waals surface area contributed by atoms with Gasteiger partial charge in [-0.05, 0) is 43.9 Å². The summed E-state index contributed by atoms with van der Waals surface area (Å²) in [5.41, 5.74) is 2.32. The molecule has 0 unspecified atom stereocenters. The van der Waals surface area contributed by atoms with Gasteiger partial charge in [0.1, 0.15) is 5.75 Å². The smallest absolute Gasteiger partial charge is 0.223 e. The van der Waals surface area contributed by atoms with Crippen molar-refractivity contribution < 1.29 is 14.6 Å². The number of ether oxygens (including phenoxy) is 1. The number of nitrogens with one attached hydrogen (secondary N) is 1. The van der Waals surface area contributed by atoms with E-state index >= 15 is 0 Å². The van der Waals surface area contributed by atoms with Gasteiger partial charge in [-0.15, -0.1) is 0 Å². The lowest BCUT2D eigenvalue weighted by Crippen LogP contribution is -2.25. The van der Waals surface area contributed by atoms with Crippen LogP contribution in [0, 0.1) is 13.8 Å². The van der Waals surface area contributed by atoms with Crippen molar-refractivity contribution >= 4 is 5.91 Å². The molecule has 4 heteroatoms. The van der Waals surface area contributed by atoms with Crippen molar-refractivity contribution in [3.8, 4) is 5.75 Å². The number of hydrogen-bond acceptors (Lipinski definition) is 3. The summed E-state index contributed by atoms with van der Waals surface area (Å²) in [5.74, 6) is 0.884. The molecule has 0 saturated heterocycles. The van der Waals surface area contributed by atoms with Gasteiger partial charge in [-0.2, -0.15) is 0 Å². The Labute approximate surface area is 127 Å². The number of aliphatic hydroxyl groups is 1. The molecule has 0 aliphatic carbocycles. The second-order valence-corrected chi connectivity index (χ2v) is 5.28. The molecule has 0 heterocycles. The monoisotopic (exact) mass is 293 g/mol. The molecule has 1 rings (SSSR count). The van der Waals surface area contributed by atoms with Gasteiger partial charge in [0.15, 0.2) is 0 Å². The summed E-state index contributed by atoms with van der Waals surface area (Å²) < 4.78 is 5.66. The second-order valence-electron chi connectivity index (χ2n) is 5.28. The van der Waals surface area contributed by atoms with Gasteiger partial charge in [0.2, 0.25) is 5.91 Å². The van der Waals surface area contributed by atoms with Crippen LogP contribution in [0.3, 0.4) is 0 Å². The zero-order valence-electron chi connectivity index (χ0n) is 13.2. The molecule has 1 aromatic carbocycles. The SMILES string of the molecule is Cc1cccc(OCCC(=O)NCCCCCCO)c1C. The lowest BCUT2D eigenvalue weighted by molar-refractivity contribution is -0.121. The van der Waals surface area contributed by atoms with E-state index in [2.05, 4.69) is 5.32 Å². The van der Waals surface area contributed by atoms with E-state index in [-0.39, 0.29) is 12.5 Å². The molecule has 0 fully saturated rings. The van der Waals surface area contributed by atoms with Crippen LogP contribution in [-0.2, 0) is 4.79 Å². The average molecular weight is 293 g/mol. The maximum atomic E-state index is 11.6. The minimum absolute atomic E-state index is 0.0301. The summed E-state index contributed by atoms with van der Waals surface area (Å²) in [6, 6.07) is 5.94. The number of rotatable bonds is 10. The highest BCUT2D eigenvalue weighted by atomic mass is 16.5. The van der Waals surface area contributed by atoms with E-state index in [4.69, 9.17) is 9.84 Å². The molecule has 4 nitrogen and oxygen atoms in total.